The maximum atomic E-state index is 4.95. The van der Waals surface area contributed by atoms with E-state index in [4.69, 9.17) is 4.98 Å². The zero-order valence-electron chi connectivity index (χ0n) is 20.0. The molecule has 5 aromatic carbocycles. The SMILES string of the molecule is c1ccc(-n2cnc3c(-n4c5ccccc5c5c6ccccc6n(-c6ccccc6)c54)cccc32)cc1. The first-order chi connectivity index (χ1) is 18.4. The summed E-state index contributed by atoms with van der Waals surface area (Å²) in [5.74, 6) is 0. The largest absolute Gasteiger partial charge is 0.299 e. The van der Waals surface area contributed by atoms with Crippen molar-refractivity contribution in [2.45, 2.75) is 0 Å². The van der Waals surface area contributed by atoms with Crippen molar-refractivity contribution < 1.29 is 0 Å². The summed E-state index contributed by atoms with van der Waals surface area (Å²) in [6.45, 7) is 0. The zero-order chi connectivity index (χ0) is 24.3. The van der Waals surface area contributed by atoms with Crippen molar-refractivity contribution in [1.29, 1.82) is 0 Å². The van der Waals surface area contributed by atoms with Gasteiger partial charge in [0, 0.05) is 27.5 Å². The molecule has 0 saturated carbocycles. The number of nitrogens with zero attached hydrogens (tertiary/aromatic N) is 4. The highest BCUT2D eigenvalue weighted by Gasteiger charge is 2.23. The molecule has 0 atom stereocenters. The van der Waals surface area contributed by atoms with Crippen LogP contribution in [0.2, 0.25) is 0 Å². The monoisotopic (exact) mass is 474 g/mol. The predicted molar refractivity (Wildman–Crippen MR) is 152 cm³/mol. The molecule has 3 heterocycles. The van der Waals surface area contributed by atoms with Crippen LogP contribution in [0.3, 0.4) is 0 Å². The van der Waals surface area contributed by atoms with E-state index in [2.05, 4.69) is 135 Å². The molecule has 8 rings (SSSR count). The maximum Gasteiger partial charge on any atom is 0.131 e. The number of para-hydroxylation sites is 5. The summed E-state index contributed by atoms with van der Waals surface area (Å²) < 4.78 is 6.94. The molecule has 0 saturated heterocycles. The van der Waals surface area contributed by atoms with Gasteiger partial charge in [-0.2, -0.15) is 0 Å². The summed E-state index contributed by atoms with van der Waals surface area (Å²) in [6.07, 6.45) is 1.93. The Kier molecular flexibility index (Phi) is 4.19. The van der Waals surface area contributed by atoms with Gasteiger partial charge >= 0.3 is 0 Å². The van der Waals surface area contributed by atoms with Crippen LogP contribution in [0.15, 0.2) is 134 Å². The summed E-state index contributed by atoms with van der Waals surface area (Å²) >= 11 is 0. The van der Waals surface area contributed by atoms with E-state index < -0.39 is 0 Å². The highest BCUT2D eigenvalue weighted by Crippen LogP contribution is 2.41. The maximum absolute atomic E-state index is 4.95. The second-order valence-electron chi connectivity index (χ2n) is 9.33. The Bertz CT molecular complexity index is 2080. The molecule has 174 valence electrons. The third-order valence-electron chi connectivity index (χ3n) is 7.32. The van der Waals surface area contributed by atoms with Crippen LogP contribution in [0.4, 0.5) is 0 Å². The van der Waals surface area contributed by atoms with E-state index in [0.717, 1.165) is 33.7 Å². The van der Waals surface area contributed by atoms with Crippen molar-refractivity contribution in [3.8, 4) is 17.1 Å². The van der Waals surface area contributed by atoms with E-state index in [9.17, 15) is 0 Å². The standard InChI is InChI=1S/C33H22N4/c1-3-12-23(13-4-1)35-22-34-32-29(35)20-11-21-30(32)37-28-19-10-8-17-26(28)31-25-16-7-9-18-27(25)36(33(31)37)24-14-5-2-6-15-24/h1-22H. The minimum absolute atomic E-state index is 0.971. The minimum Gasteiger partial charge on any atom is -0.299 e. The van der Waals surface area contributed by atoms with Crippen LogP contribution in [-0.4, -0.2) is 18.7 Å². The normalized spacial score (nSPS) is 11.8. The number of imidazole rings is 1. The third-order valence-corrected chi connectivity index (χ3v) is 7.32. The topological polar surface area (TPSA) is 27.7 Å². The fraction of sp³-hybridized carbons (Fsp3) is 0. The van der Waals surface area contributed by atoms with Crippen molar-refractivity contribution in [2.24, 2.45) is 0 Å². The highest BCUT2D eigenvalue weighted by molar-refractivity contribution is 6.22. The molecule has 0 fully saturated rings. The molecule has 37 heavy (non-hydrogen) atoms. The predicted octanol–water partition coefficient (Wildman–Crippen LogP) is 8.07. The third kappa shape index (κ3) is 2.81. The molecule has 0 radical (unpaired) electrons. The molecular weight excluding hydrogens is 452 g/mol. The van der Waals surface area contributed by atoms with E-state index in [1.807, 2.05) is 12.4 Å². The molecular formula is C33H22N4. The molecule has 0 aliphatic rings. The van der Waals surface area contributed by atoms with Gasteiger partial charge in [-0.05, 0) is 48.5 Å². The summed E-state index contributed by atoms with van der Waals surface area (Å²) in [7, 11) is 0. The Hall–Kier alpha value is -5.09. The molecule has 8 aromatic rings. The van der Waals surface area contributed by atoms with Crippen molar-refractivity contribution in [2.75, 3.05) is 0 Å². The zero-order valence-corrected chi connectivity index (χ0v) is 20.0. The van der Waals surface area contributed by atoms with Gasteiger partial charge in [0.15, 0.2) is 0 Å². The second kappa shape index (κ2) is 7.70. The molecule has 0 spiro atoms. The van der Waals surface area contributed by atoms with Crippen LogP contribution in [0.1, 0.15) is 0 Å². The Labute approximate surface area is 213 Å². The van der Waals surface area contributed by atoms with Gasteiger partial charge in [0.1, 0.15) is 17.5 Å². The summed E-state index contributed by atoms with van der Waals surface area (Å²) in [5, 5.41) is 3.75. The van der Waals surface area contributed by atoms with Gasteiger partial charge in [0.05, 0.1) is 22.2 Å². The molecule has 3 aromatic heterocycles. The van der Waals surface area contributed by atoms with Gasteiger partial charge in [-0.1, -0.05) is 78.9 Å². The quantitative estimate of drug-likeness (QED) is 0.254. The van der Waals surface area contributed by atoms with Crippen molar-refractivity contribution >= 4 is 43.9 Å². The van der Waals surface area contributed by atoms with Crippen LogP contribution >= 0.6 is 0 Å². The van der Waals surface area contributed by atoms with E-state index in [1.54, 1.807) is 0 Å². The van der Waals surface area contributed by atoms with Crippen molar-refractivity contribution in [3.05, 3.63) is 134 Å². The van der Waals surface area contributed by atoms with Gasteiger partial charge in [0.2, 0.25) is 0 Å². The highest BCUT2D eigenvalue weighted by atomic mass is 15.2. The lowest BCUT2D eigenvalue weighted by molar-refractivity contribution is 1.07. The van der Waals surface area contributed by atoms with E-state index >= 15 is 0 Å². The van der Waals surface area contributed by atoms with Crippen molar-refractivity contribution in [1.82, 2.24) is 18.7 Å². The number of hydrogen-bond acceptors (Lipinski definition) is 1. The molecule has 4 heteroatoms. The lowest BCUT2D eigenvalue weighted by Gasteiger charge is -2.13. The Balaban J connectivity index is 1.56. The molecule has 0 aliphatic carbocycles. The number of aromatic nitrogens is 4. The Morgan fingerprint density at radius 3 is 1.73 bits per heavy atom. The van der Waals surface area contributed by atoms with Gasteiger partial charge in [-0.3, -0.25) is 13.7 Å². The van der Waals surface area contributed by atoms with Crippen molar-refractivity contribution in [3.63, 3.8) is 0 Å². The fourth-order valence-corrected chi connectivity index (χ4v) is 5.78. The summed E-state index contributed by atoms with van der Waals surface area (Å²) in [6, 6.07) is 44.9. The first-order valence-electron chi connectivity index (χ1n) is 12.5. The molecule has 0 aliphatic heterocycles. The van der Waals surface area contributed by atoms with Gasteiger partial charge in [0.25, 0.3) is 0 Å². The number of fused-ring (bicyclic) bond motifs is 6. The number of hydrogen-bond donors (Lipinski definition) is 0. The molecule has 0 N–H and O–H groups in total. The van der Waals surface area contributed by atoms with Crippen LogP contribution in [-0.2, 0) is 0 Å². The second-order valence-corrected chi connectivity index (χ2v) is 9.33. The Morgan fingerprint density at radius 2 is 1.03 bits per heavy atom. The van der Waals surface area contributed by atoms with E-state index in [-0.39, 0.29) is 0 Å². The Morgan fingerprint density at radius 1 is 0.459 bits per heavy atom. The van der Waals surface area contributed by atoms with Crippen LogP contribution in [0, 0.1) is 0 Å². The summed E-state index contributed by atoms with van der Waals surface area (Å²) in [4.78, 5) is 4.95. The molecule has 0 unspecified atom stereocenters. The molecule has 0 amide bonds. The van der Waals surface area contributed by atoms with Gasteiger partial charge in [-0.15, -0.1) is 0 Å². The lowest BCUT2D eigenvalue weighted by atomic mass is 10.1. The van der Waals surface area contributed by atoms with Crippen LogP contribution in [0.5, 0.6) is 0 Å². The number of rotatable bonds is 3. The smallest absolute Gasteiger partial charge is 0.131 e. The average Bonchev–Trinajstić information content (AvgIpc) is 3.64. The number of benzene rings is 5. The first-order valence-corrected chi connectivity index (χ1v) is 12.5. The molecule has 0 bridgehead atoms. The molecule has 4 nitrogen and oxygen atoms in total. The van der Waals surface area contributed by atoms with E-state index in [1.165, 1.54) is 27.2 Å². The van der Waals surface area contributed by atoms with Crippen LogP contribution in [0.25, 0.3) is 60.9 Å². The average molecular weight is 475 g/mol. The fourth-order valence-electron chi connectivity index (χ4n) is 5.78. The minimum atomic E-state index is 0.971. The summed E-state index contributed by atoms with van der Waals surface area (Å²) in [5.41, 5.74) is 8.87. The van der Waals surface area contributed by atoms with Crippen LogP contribution < -0.4 is 0 Å². The van der Waals surface area contributed by atoms with Gasteiger partial charge < -0.3 is 0 Å². The van der Waals surface area contributed by atoms with Gasteiger partial charge in [-0.25, -0.2) is 4.98 Å². The lowest BCUT2D eigenvalue weighted by Crippen LogP contribution is -2.02. The van der Waals surface area contributed by atoms with E-state index in [0.29, 0.717) is 0 Å². The first kappa shape index (κ1) is 20.1.